The van der Waals surface area contributed by atoms with Crippen molar-refractivity contribution < 1.29 is 14.3 Å². The van der Waals surface area contributed by atoms with Crippen molar-refractivity contribution in [3.8, 4) is 0 Å². The normalized spacial score (nSPS) is 19.9. The smallest absolute Gasteiger partial charge is 0.300 e. The Bertz CT molecular complexity index is 767. The molecule has 3 heterocycles. The number of morpholine rings is 1. The molecule has 0 saturated carbocycles. The molecule has 0 bridgehead atoms. The van der Waals surface area contributed by atoms with Gasteiger partial charge in [-0.3, -0.25) is 19.9 Å². The maximum absolute atomic E-state index is 11.1. The Morgan fingerprint density at radius 1 is 0.962 bits per heavy atom. The van der Waals surface area contributed by atoms with Gasteiger partial charge in [-0.2, -0.15) is 0 Å². The van der Waals surface area contributed by atoms with E-state index in [1.807, 2.05) is 0 Å². The maximum Gasteiger partial charge on any atom is 0.300 e. The van der Waals surface area contributed by atoms with Crippen LogP contribution in [0, 0.1) is 10.1 Å². The SMILES string of the molecule is O=[N+]([O-])c1ccc(N2CCN(CCN3CCOCC3)CC2)c2nonc12. The molecule has 2 aliphatic heterocycles. The highest BCUT2D eigenvalue weighted by Crippen LogP contribution is 2.31. The number of anilines is 1. The standard InChI is InChI=1S/C16H22N6O4/c23-22(24)14-2-1-13(15-16(14)18-26-17-15)21-7-5-19(6-8-21)3-4-20-9-11-25-12-10-20/h1-2H,3-12H2. The fourth-order valence-electron chi connectivity index (χ4n) is 3.56. The summed E-state index contributed by atoms with van der Waals surface area (Å²) in [6.45, 7) is 9.41. The van der Waals surface area contributed by atoms with Crippen molar-refractivity contribution in [1.29, 1.82) is 0 Å². The maximum atomic E-state index is 11.1. The summed E-state index contributed by atoms with van der Waals surface area (Å²) in [6, 6.07) is 3.22. The molecule has 0 spiro atoms. The number of fused-ring (bicyclic) bond motifs is 1. The summed E-state index contributed by atoms with van der Waals surface area (Å²) in [5.41, 5.74) is 1.44. The first-order chi connectivity index (χ1) is 12.7. The third-order valence-electron chi connectivity index (χ3n) is 5.12. The zero-order chi connectivity index (χ0) is 17.9. The molecule has 0 amide bonds. The number of hydrogen-bond donors (Lipinski definition) is 0. The van der Waals surface area contributed by atoms with E-state index in [0.29, 0.717) is 5.52 Å². The van der Waals surface area contributed by atoms with Gasteiger partial charge in [-0.25, -0.2) is 4.63 Å². The molecule has 1 aromatic heterocycles. The summed E-state index contributed by atoms with van der Waals surface area (Å²) in [5.74, 6) is 0. The van der Waals surface area contributed by atoms with Crippen molar-refractivity contribution in [2.24, 2.45) is 0 Å². The second-order valence-electron chi connectivity index (χ2n) is 6.61. The van der Waals surface area contributed by atoms with Crippen molar-refractivity contribution in [3.05, 3.63) is 22.2 Å². The third-order valence-corrected chi connectivity index (χ3v) is 5.12. The zero-order valence-electron chi connectivity index (χ0n) is 14.5. The van der Waals surface area contributed by atoms with Gasteiger partial charge in [0.1, 0.15) is 0 Å². The molecule has 2 aromatic rings. The molecule has 1 aromatic carbocycles. The minimum absolute atomic E-state index is 0.0749. The molecule has 10 heteroatoms. The monoisotopic (exact) mass is 362 g/mol. The molecule has 4 rings (SSSR count). The molecule has 0 N–H and O–H groups in total. The van der Waals surface area contributed by atoms with Crippen LogP contribution in [0.2, 0.25) is 0 Å². The van der Waals surface area contributed by atoms with Crippen molar-refractivity contribution in [1.82, 2.24) is 20.1 Å². The highest BCUT2D eigenvalue weighted by Gasteiger charge is 2.25. The highest BCUT2D eigenvalue weighted by molar-refractivity contribution is 5.93. The third kappa shape index (κ3) is 3.48. The lowest BCUT2D eigenvalue weighted by Gasteiger charge is -2.37. The van der Waals surface area contributed by atoms with E-state index in [2.05, 4.69) is 25.0 Å². The van der Waals surface area contributed by atoms with Gasteiger partial charge in [0.05, 0.1) is 23.8 Å². The van der Waals surface area contributed by atoms with Crippen LogP contribution in [0.25, 0.3) is 11.0 Å². The summed E-state index contributed by atoms with van der Waals surface area (Å²) in [4.78, 5) is 17.7. The van der Waals surface area contributed by atoms with Crippen LogP contribution in [0.5, 0.6) is 0 Å². The van der Waals surface area contributed by atoms with Gasteiger partial charge in [0.2, 0.25) is 5.52 Å². The van der Waals surface area contributed by atoms with Gasteiger partial charge in [-0.05, 0) is 16.4 Å². The molecule has 0 atom stereocenters. The minimum atomic E-state index is -0.458. The Labute approximate surface area is 150 Å². The second kappa shape index (κ2) is 7.52. The average molecular weight is 362 g/mol. The summed E-state index contributed by atoms with van der Waals surface area (Å²) >= 11 is 0. The Balaban J connectivity index is 1.37. The molecule has 0 aliphatic carbocycles. The Hall–Kier alpha value is -2.30. The predicted molar refractivity (Wildman–Crippen MR) is 94.4 cm³/mol. The van der Waals surface area contributed by atoms with E-state index >= 15 is 0 Å². The largest absolute Gasteiger partial charge is 0.379 e. The summed E-state index contributed by atoms with van der Waals surface area (Å²) in [6.07, 6.45) is 0. The van der Waals surface area contributed by atoms with E-state index in [1.165, 1.54) is 6.07 Å². The van der Waals surface area contributed by atoms with E-state index in [4.69, 9.17) is 9.37 Å². The number of piperazine rings is 1. The van der Waals surface area contributed by atoms with Crippen molar-refractivity contribution >= 4 is 22.4 Å². The number of ether oxygens (including phenoxy) is 1. The van der Waals surface area contributed by atoms with Crippen LogP contribution in [0.15, 0.2) is 16.8 Å². The van der Waals surface area contributed by atoms with E-state index < -0.39 is 4.92 Å². The number of nitro benzene ring substituents is 1. The van der Waals surface area contributed by atoms with Crippen molar-refractivity contribution in [2.45, 2.75) is 0 Å². The predicted octanol–water partition coefficient (Wildman–Crippen LogP) is 0.585. The first-order valence-corrected chi connectivity index (χ1v) is 8.89. The number of aromatic nitrogens is 2. The molecule has 0 unspecified atom stereocenters. The number of rotatable bonds is 5. The number of non-ortho nitro benzene ring substituents is 1. The van der Waals surface area contributed by atoms with Gasteiger partial charge >= 0.3 is 5.69 Å². The van der Waals surface area contributed by atoms with Crippen LogP contribution in [-0.2, 0) is 4.74 Å². The quantitative estimate of drug-likeness (QED) is 0.558. The molecule has 140 valence electrons. The molecule has 2 fully saturated rings. The molecule has 2 aliphatic rings. The average Bonchev–Trinajstić information content (AvgIpc) is 3.16. The number of benzene rings is 1. The van der Waals surface area contributed by atoms with Crippen LogP contribution in [0.3, 0.4) is 0 Å². The van der Waals surface area contributed by atoms with Gasteiger partial charge in [0.25, 0.3) is 0 Å². The topological polar surface area (TPSA) is 101 Å². The summed E-state index contributed by atoms with van der Waals surface area (Å²) in [7, 11) is 0. The van der Waals surface area contributed by atoms with Crippen molar-refractivity contribution in [3.63, 3.8) is 0 Å². The van der Waals surface area contributed by atoms with E-state index in [-0.39, 0.29) is 11.2 Å². The van der Waals surface area contributed by atoms with Gasteiger partial charge < -0.3 is 9.64 Å². The van der Waals surface area contributed by atoms with Gasteiger partial charge in [-0.1, -0.05) is 0 Å². The molecule has 26 heavy (non-hydrogen) atoms. The lowest BCUT2D eigenvalue weighted by molar-refractivity contribution is -0.383. The van der Waals surface area contributed by atoms with Gasteiger partial charge in [-0.15, -0.1) is 0 Å². The highest BCUT2D eigenvalue weighted by atomic mass is 16.6. The Morgan fingerprint density at radius 2 is 1.62 bits per heavy atom. The van der Waals surface area contributed by atoms with Crippen LogP contribution < -0.4 is 4.90 Å². The van der Waals surface area contributed by atoms with Gasteiger partial charge in [0.15, 0.2) is 5.52 Å². The Morgan fingerprint density at radius 3 is 2.31 bits per heavy atom. The van der Waals surface area contributed by atoms with Crippen LogP contribution in [0.4, 0.5) is 11.4 Å². The van der Waals surface area contributed by atoms with Crippen LogP contribution in [0.1, 0.15) is 0 Å². The molecule has 10 nitrogen and oxygen atoms in total. The molecule has 0 radical (unpaired) electrons. The molecular weight excluding hydrogens is 340 g/mol. The van der Waals surface area contributed by atoms with Gasteiger partial charge in [0, 0.05) is 58.4 Å². The fourth-order valence-corrected chi connectivity index (χ4v) is 3.56. The second-order valence-corrected chi connectivity index (χ2v) is 6.61. The first-order valence-electron chi connectivity index (χ1n) is 8.89. The fraction of sp³-hybridized carbons (Fsp3) is 0.625. The lowest BCUT2D eigenvalue weighted by atomic mass is 10.2. The number of nitrogens with zero attached hydrogens (tertiary/aromatic N) is 6. The molecular formula is C16H22N6O4. The minimum Gasteiger partial charge on any atom is -0.379 e. The lowest BCUT2D eigenvalue weighted by Crippen LogP contribution is -2.49. The zero-order valence-corrected chi connectivity index (χ0v) is 14.5. The van der Waals surface area contributed by atoms with E-state index in [1.54, 1.807) is 6.07 Å². The van der Waals surface area contributed by atoms with Crippen molar-refractivity contribution in [2.75, 3.05) is 70.5 Å². The van der Waals surface area contributed by atoms with E-state index in [9.17, 15) is 10.1 Å². The molecule has 2 saturated heterocycles. The summed E-state index contributed by atoms with van der Waals surface area (Å²) < 4.78 is 10.1. The summed E-state index contributed by atoms with van der Waals surface area (Å²) in [5, 5.41) is 18.7. The van der Waals surface area contributed by atoms with Crippen LogP contribution >= 0.6 is 0 Å². The van der Waals surface area contributed by atoms with E-state index in [0.717, 1.165) is 71.3 Å². The number of nitro groups is 1. The first kappa shape index (κ1) is 17.1. The number of hydrogen-bond acceptors (Lipinski definition) is 9. The van der Waals surface area contributed by atoms with Crippen LogP contribution in [-0.4, -0.2) is 90.6 Å². The Kier molecular flexibility index (Phi) is 4.96.